The van der Waals surface area contributed by atoms with E-state index in [9.17, 15) is 4.79 Å². The van der Waals surface area contributed by atoms with E-state index in [1.165, 1.54) is 0 Å². The molecule has 23 heavy (non-hydrogen) atoms. The minimum atomic E-state index is -0.220. The van der Waals surface area contributed by atoms with Crippen LogP contribution in [0.2, 0.25) is 0 Å². The Bertz CT molecular complexity index is 865. The van der Waals surface area contributed by atoms with Crippen LogP contribution in [0.25, 0.3) is 10.9 Å². The van der Waals surface area contributed by atoms with Gasteiger partial charge in [0.05, 0.1) is 11.2 Å². The van der Waals surface area contributed by atoms with Crippen LogP contribution >= 0.6 is 15.9 Å². The van der Waals surface area contributed by atoms with Gasteiger partial charge < -0.3 is 10.1 Å². The summed E-state index contributed by atoms with van der Waals surface area (Å²) >= 11 is 3.49. The number of amides is 1. The van der Waals surface area contributed by atoms with Crippen molar-refractivity contribution in [1.82, 2.24) is 4.98 Å². The highest BCUT2D eigenvalue weighted by Gasteiger charge is 2.10. The zero-order valence-electron chi connectivity index (χ0n) is 12.5. The second-order valence-corrected chi connectivity index (χ2v) is 5.95. The van der Waals surface area contributed by atoms with Crippen LogP contribution in [0, 0.1) is 6.92 Å². The number of halogens is 1. The topological polar surface area (TPSA) is 51.2 Å². The summed E-state index contributed by atoms with van der Waals surface area (Å²) in [5.41, 5.74) is 2.41. The first kappa shape index (κ1) is 15.5. The number of pyridine rings is 1. The van der Waals surface area contributed by atoms with Crippen molar-refractivity contribution < 1.29 is 9.53 Å². The second-order valence-electron chi connectivity index (χ2n) is 5.10. The van der Waals surface area contributed by atoms with Crippen molar-refractivity contribution >= 4 is 38.4 Å². The molecule has 5 heteroatoms. The summed E-state index contributed by atoms with van der Waals surface area (Å²) in [6, 6.07) is 15.1. The van der Waals surface area contributed by atoms with Crippen LogP contribution in [0.15, 0.2) is 59.2 Å². The predicted octanol–water partition coefficient (Wildman–Crippen LogP) is 4.32. The molecule has 1 amide bonds. The van der Waals surface area contributed by atoms with Gasteiger partial charge in [-0.25, -0.2) is 0 Å². The van der Waals surface area contributed by atoms with Crippen molar-refractivity contribution in [1.29, 1.82) is 0 Å². The maximum atomic E-state index is 12.2. The molecule has 0 spiro atoms. The van der Waals surface area contributed by atoms with Gasteiger partial charge in [-0.1, -0.05) is 40.2 Å². The zero-order valence-corrected chi connectivity index (χ0v) is 14.1. The van der Waals surface area contributed by atoms with Gasteiger partial charge in [0.2, 0.25) is 0 Å². The van der Waals surface area contributed by atoms with Crippen LogP contribution in [0.5, 0.6) is 5.75 Å². The van der Waals surface area contributed by atoms with Crippen molar-refractivity contribution in [2.75, 3.05) is 11.9 Å². The standard InChI is InChI=1S/C18H15BrN2O2/c1-12-5-2-3-7-16(12)23-11-17(22)21-15-9-8-14(19)13-6-4-10-20-18(13)15/h2-10H,11H2,1H3,(H,21,22). The quantitative estimate of drug-likeness (QED) is 0.743. The summed E-state index contributed by atoms with van der Waals surface area (Å²) in [4.78, 5) is 16.5. The van der Waals surface area contributed by atoms with E-state index in [-0.39, 0.29) is 12.5 Å². The first-order chi connectivity index (χ1) is 11.1. The van der Waals surface area contributed by atoms with Gasteiger partial charge in [-0.2, -0.15) is 0 Å². The Labute approximate surface area is 142 Å². The Morgan fingerprint density at radius 2 is 2.00 bits per heavy atom. The van der Waals surface area contributed by atoms with Gasteiger partial charge in [-0.05, 0) is 36.8 Å². The molecular formula is C18H15BrN2O2. The summed E-state index contributed by atoms with van der Waals surface area (Å²) in [7, 11) is 0. The van der Waals surface area contributed by atoms with Crippen LogP contribution in [-0.2, 0) is 4.79 Å². The summed E-state index contributed by atoms with van der Waals surface area (Å²) in [6.07, 6.45) is 1.70. The van der Waals surface area contributed by atoms with Crippen LogP contribution in [-0.4, -0.2) is 17.5 Å². The van der Waals surface area contributed by atoms with Crippen molar-refractivity contribution in [2.45, 2.75) is 6.92 Å². The number of ether oxygens (including phenoxy) is 1. The van der Waals surface area contributed by atoms with Crippen molar-refractivity contribution in [2.24, 2.45) is 0 Å². The summed E-state index contributed by atoms with van der Waals surface area (Å²) < 4.78 is 6.50. The van der Waals surface area contributed by atoms with Crippen molar-refractivity contribution in [3.05, 3.63) is 64.8 Å². The average Bonchev–Trinajstić information content (AvgIpc) is 2.57. The minimum Gasteiger partial charge on any atom is -0.483 e. The van der Waals surface area contributed by atoms with Gasteiger partial charge >= 0.3 is 0 Å². The molecule has 0 bridgehead atoms. The first-order valence-corrected chi connectivity index (χ1v) is 7.96. The highest BCUT2D eigenvalue weighted by atomic mass is 79.9. The molecule has 0 saturated heterocycles. The Morgan fingerprint density at radius 1 is 1.17 bits per heavy atom. The smallest absolute Gasteiger partial charge is 0.262 e. The van der Waals surface area contributed by atoms with Gasteiger partial charge in [0, 0.05) is 16.1 Å². The van der Waals surface area contributed by atoms with Gasteiger partial charge in [0.15, 0.2) is 6.61 Å². The molecule has 3 rings (SSSR count). The number of nitrogens with zero attached hydrogens (tertiary/aromatic N) is 1. The van der Waals surface area contributed by atoms with E-state index in [1.54, 1.807) is 6.20 Å². The number of carbonyl (C=O) groups is 1. The molecule has 4 nitrogen and oxygen atoms in total. The summed E-state index contributed by atoms with van der Waals surface area (Å²) in [5.74, 6) is 0.490. The molecule has 0 aliphatic rings. The Morgan fingerprint density at radius 3 is 2.83 bits per heavy atom. The number of nitrogens with one attached hydrogen (secondary N) is 1. The second kappa shape index (κ2) is 6.79. The largest absolute Gasteiger partial charge is 0.483 e. The first-order valence-electron chi connectivity index (χ1n) is 7.16. The van der Waals surface area contributed by atoms with Crippen LogP contribution < -0.4 is 10.1 Å². The number of aryl methyl sites for hydroxylation is 1. The number of benzene rings is 2. The Kier molecular flexibility index (Phi) is 4.57. The number of hydrogen-bond acceptors (Lipinski definition) is 3. The average molecular weight is 371 g/mol. The Balaban J connectivity index is 1.74. The van der Waals surface area contributed by atoms with E-state index in [4.69, 9.17) is 4.74 Å². The minimum absolute atomic E-state index is 0.0464. The predicted molar refractivity (Wildman–Crippen MR) is 94.7 cm³/mol. The van der Waals surface area contributed by atoms with E-state index in [0.29, 0.717) is 11.4 Å². The number of carbonyl (C=O) groups excluding carboxylic acids is 1. The van der Waals surface area contributed by atoms with Crippen LogP contribution in [0.4, 0.5) is 5.69 Å². The maximum Gasteiger partial charge on any atom is 0.262 e. The fraction of sp³-hybridized carbons (Fsp3) is 0.111. The third-order valence-corrected chi connectivity index (χ3v) is 4.13. The molecule has 2 aromatic carbocycles. The lowest BCUT2D eigenvalue weighted by molar-refractivity contribution is -0.118. The SMILES string of the molecule is Cc1ccccc1OCC(=O)Nc1ccc(Br)c2cccnc12. The van der Waals surface area contributed by atoms with E-state index in [0.717, 1.165) is 20.9 Å². The number of para-hydroxylation sites is 1. The lowest BCUT2D eigenvalue weighted by atomic mass is 10.2. The number of anilines is 1. The molecule has 0 aliphatic heterocycles. The molecule has 0 aliphatic carbocycles. The van der Waals surface area contributed by atoms with E-state index in [2.05, 4.69) is 26.2 Å². The van der Waals surface area contributed by atoms with Crippen molar-refractivity contribution in [3.8, 4) is 5.75 Å². The normalized spacial score (nSPS) is 10.5. The summed E-state index contributed by atoms with van der Waals surface area (Å²) in [5, 5.41) is 3.80. The van der Waals surface area contributed by atoms with Gasteiger partial charge in [-0.15, -0.1) is 0 Å². The van der Waals surface area contributed by atoms with E-state index < -0.39 is 0 Å². The fourth-order valence-corrected chi connectivity index (χ4v) is 2.74. The van der Waals surface area contributed by atoms with Crippen LogP contribution in [0.3, 0.4) is 0 Å². The maximum absolute atomic E-state index is 12.2. The number of hydrogen-bond donors (Lipinski definition) is 1. The van der Waals surface area contributed by atoms with E-state index in [1.807, 2.05) is 55.5 Å². The third-order valence-electron chi connectivity index (χ3n) is 3.44. The van der Waals surface area contributed by atoms with Gasteiger partial charge in [0.25, 0.3) is 5.91 Å². The van der Waals surface area contributed by atoms with E-state index >= 15 is 0 Å². The molecule has 0 fully saturated rings. The molecule has 1 N–H and O–H groups in total. The number of fused-ring (bicyclic) bond motifs is 1. The molecule has 0 atom stereocenters. The highest BCUT2D eigenvalue weighted by Crippen LogP contribution is 2.28. The zero-order chi connectivity index (χ0) is 16.2. The third kappa shape index (κ3) is 3.51. The highest BCUT2D eigenvalue weighted by molar-refractivity contribution is 9.10. The molecule has 1 aromatic heterocycles. The molecule has 116 valence electrons. The number of aromatic nitrogens is 1. The fourth-order valence-electron chi connectivity index (χ4n) is 2.29. The molecule has 1 heterocycles. The lowest BCUT2D eigenvalue weighted by Crippen LogP contribution is -2.20. The molecule has 0 saturated carbocycles. The summed E-state index contributed by atoms with van der Waals surface area (Å²) in [6.45, 7) is 1.90. The Hall–Kier alpha value is -2.40. The number of rotatable bonds is 4. The van der Waals surface area contributed by atoms with Gasteiger partial charge in [-0.3, -0.25) is 9.78 Å². The monoisotopic (exact) mass is 370 g/mol. The lowest BCUT2D eigenvalue weighted by Gasteiger charge is -2.11. The molecule has 3 aromatic rings. The molecule has 0 radical (unpaired) electrons. The van der Waals surface area contributed by atoms with Crippen LogP contribution in [0.1, 0.15) is 5.56 Å². The van der Waals surface area contributed by atoms with Crippen molar-refractivity contribution in [3.63, 3.8) is 0 Å². The van der Waals surface area contributed by atoms with Gasteiger partial charge in [0.1, 0.15) is 5.75 Å². The molecular weight excluding hydrogens is 356 g/mol. The molecule has 0 unspecified atom stereocenters.